The van der Waals surface area contributed by atoms with E-state index in [-0.39, 0.29) is 11.7 Å². The van der Waals surface area contributed by atoms with E-state index >= 15 is 0 Å². The van der Waals surface area contributed by atoms with Crippen molar-refractivity contribution < 1.29 is 9.59 Å². The molecular weight excluding hydrogens is 472 g/mol. The first-order valence-corrected chi connectivity index (χ1v) is 13.5. The highest BCUT2D eigenvalue weighted by atomic mass is 16.2. The Balaban J connectivity index is 1.47. The summed E-state index contributed by atoms with van der Waals surface area (Å²) in [7, 11) is 0. The highest BCUT2D eigenvalue weighted by Gasteiger charge is 2.24. The number of piperazine rings is 1. The van der Waals surface area contributed by atoms with Crippen molar-refractivity contribution in [3.63, 3.8) is 0 Å². The first kappa shape index (κ1) is 25.9. The Bertz CT molecular complexity index is 1440. The molecule has 4 aromatic rings. The third-order valence-electron chi connectivity index (χ3n) is 7.35. The molecule has 2 aromatic heterocycles. The summed E-state index contributed by atoms with van der Waals surface area (Å²) in [6.45, 7) is 11.8. The maximum atomic E-state index is 12.6. The summed E-state index contributed by atoms with van der Waals surface area (Å²) in [6.07, 6.45) is 2.77. The summed E-state index contributed by atoms with van der Waals surface area (Å²) < 4.78 is 2.21. The molecular formula is C32H36N4O2. The molecule has 196 valence electrons. The normalized spacial score (nSPS) is 14.4. The first-order chi connectivity index (χ1) is 18.3. The van der Waals surface area contributed by atoms with Gasteiger partial charge in [0.2, 0.25) is 5.91 Å². The van der Waals surface area contributed by atoms with Crippen molar-refractivity contribution in [2.45, 2.75) is 40.7 Å². The number of amides is 1. The molecule has 6 nitrogen and oxygen atoms in total. The molecule has 1 saturated heterocycles. The lowest BCUT2D eigenvalue weighted by Gasteiger charge is -2.35. The molecule has 0 saturated carbocycles. The lowest BCUT2D eigenvalue weighted by molar-refractivity contribution is -0.133. The van der Waals surface area contributed by atoms with Crippen LogP contribution in [0, 0.1) is 12.8 Å². The largest absolute Gasteiger partial charge is 0.340 e. The number of imidazole rings is 1. The Morgan fingerprint density at radius 1 is 0.842 bits per heavy atom. The SMILES string of the molecule is CC(=O)c1ccc(-c2ccc3nc(-c4ccc(C)cc4)c(CN4CCN(C(=O)CC(C)C)CC4)n3c2)cc1. The van der Waals surface area contributed by atoms with Crippen LogP contribution in [0.4, 0.5) is 0 Å². The van der Waals surface area contributed by atoms with E-state index in [4.69, 9.17) is 4.98 Å². The quantitative estimate of drug-likeness (QED) is 0.293. The lowest BCUT2D eigenvalue weighted by Crippen LogP contribution is -2.48. The van der Waals surface area contributed by atoms with Gasteiger partial charge in [-0.3, -0.25) is 14.5 Å². The van der Waals surface area contributed by atoms with Gasteiger partial charge in [-0.2, -0.15) is 0 Å². The lowest BCUT2D eigenvalue weighted by atomic mass is 10.0. The maximum Gasteiger partial charge on any atom is 0.222 e. The maximum absolute atomic E-state index is 12.6. The van der Waals surface area contributed by atoms with Crippen molar-refractivity contribution in [2.24, 2.45) is 5.92 Å². The van der Waals surface area contributed by atoms with E-state index in [0.717, 1.165) is 66.4 Å². The minimum Gasteiger partial charge on any atom is -0.340 e. The Morgan fingerprint density at radius 2 is 1.47 bits per heavy atom. The third kappa shape index (κ3) is 5.55. The molecule has 1 aliphatic rings. The van der Waals surface area contributed by atoms with Crippen molar-refractivity contribution >= 4 is 17.3 Å². The van der Waals surface area contributed by atoms with Gasteiger partial charge in [0.25, 0.3) is 0 Å². The number of pyridine rings is 1. The summed E-state index contributed by atoms with van der Waals surface area (Å²) in [4.78, 5) is 33.8. The van der Waals surface area contributed by atoms with Gasteiger partial charge in [0, 0.05) is 56.5 Å². The summed E-state index contributed by atoms with van der Waals surface area (Å²) in [5.74, 6) is 0.705. The first-order valence-electron chi connectivity index (χ1n) is 13.5. The number of rotatable bonds is 7. The number of Topliss-reactive ketones (excluding diaryl/α,β-unsaturated/α-hetero) is 1. The van der Waals surface area contributed by atoms with E-state index in [1.807, 2.05) is 29.2 Å². The Labute approximate surface area is 224 Å². The number of ketones is 1. The fourth-order valence-corrected chi connectivity index (χ4v) is 5.10. The van der Waals surface area contributed by atoms with E-state index < -0.39 is 0 Å². The fourth-order valence-electron chi connectivity index (χ4n) is 5.10. The average Bonchev–Trinajstić information content (AvgIpc) is 3.26. The van der Waals surface area contributed by atoms with Crippen LogP contribution in [0.5, 0.6) is 0 Å². The van der Waals surface area contributed by atoms with Crippen LogP contribution in [0.1, 0.15) is 48.8 Å². The zero-order valence-corrected chi connectivity index (χ0v) is 22.8. The predicted molar refractivity (Wildman–Crippen MR) is 152 cm³/mol. The van der Waals surface area contributed by atoms with E-state index in [0.29, 0.717) is 17.9 Å². The van der Waals surface area contributed by atoms with E-state index in [1.54, 1.807) is 6.92 Å². The molecule has 2 aromatic carbocycles. The van der Waals surface area contributed by atoms with Gasteiger partial charge in [0.1, 0.15) is 5.65 Å². The molecule has 1 amide bonds. The number of hydrogen-bond donors (Lipinski definition) is 0. The number of nitrogens with zero attached hydrogens (tertiary/aromatic N) is 4. The van der Waals surface area contributed by atoms with Crippen LogP contribution < -0.4 is 0 Å². The van der Waals surface area contributed by atoms with Gasteiger partial charge in [-0.05, 0) is 43.0 Å². The van der Waals surface area contributed by atoms with Gasteiger partial charge in [0.05, 0.1) is 11.4 Å². The van der Waals surface area contributed by atoms with E-state index in [1.165, 1.54) is 5.56 Å². The molecule has 38 heavy (non-hydrogen) atoms. The summed E-state index contributed by atoms with van der Waals surface area (Å²) in [5.41, 5.74) is 8.22. The van der Waals surface area contributed by atoms with Gasteiger partial charge < -0.3 is 9.30 Å². The van der Waals surface area contributed by atoms with Crippen molar-refractivity contribution in [3.05, 3.63) is 83.7 Å². The highest BCUT2D eigenvalue weighted by Crippen LogP contribution is 2.29. The Hall–Kier alpha value is -3.77. The summed E-state index contributed by atoms with van der Waals surface area (Å²) >= 11 is 0. The van der Waals surface area contributed by atoms with Gasteiger partial charge in [-0.25, -0.2) is 4.98 Å². The van der Waals surface area contributed by atoms with Crippen LogP contribution in [-0.4, -0.2) is 57.1 Å². The molecule has 0 aliphatic carbocycles. The number of benzene rings is 2. The average molecular weight is 509 g/mol. The van der Waals surface area contributed by atoms with Gasteiger partial charge >= 0.3 is 0 Å². The highest BCUT2D eigenvalue weighted by molar-refractivity contribution is 5.94. The monoisotopic (exact) mass is 508 g/mol. The van der Waals surface area contributed by atoms with Crippen molar-refractivity contribution in [1.29, 1.82) is 0 Å². The third-order valence-corrected chi connectivity index (χ3v) is 7.35. The molecule has 0 bridgehead atoms. The van der Waals surface area contributed by atoms with Crippen LogP contribution in [0.2, 0.25) is 0 Å². The minimum atomic E-state index is 0.0673. The molecule has 3 heterocycles. The number of aromatic nitrogens is 2. The molecule has 0 spiro atoms. The van der Waals surface area contributed by atoms with Gasteiger partial charge in [-0.15, -0.1) is 0 Å². The molecule has 0 atom stereocenters. The number of carbonyl (C=O) groups is 2. The van der Waals surface area contributed by atoms with E-state index in [2.05, 4.69) is 72.7 Å². The van der Waals surface area contributed by atoms with Crippen LogP contribution in [0.15, 0.2) is 66.9 Å². The number of aryl methyl sites for hydroxylation is 1. The Kier molecular flexibility index (Phi) is 7.43. The zero-order valence-electron chi connectivity index (χ0n) is 22.8. The second-order valence-corrected chi connectivity index (χ2v) is 10.8. The molecule has 0 radical (unpaired) electrons. The number of carbonyl (C=O) groups excluding carboxylic acids is 2. The van der Waals surface area contributed by atoms with Crippen LogP contribution >= 0.6 is 0 Å². The minimum absolute atomic E-state index is 0.0673. The van der Waals surface area contributed by atoms with Gasteiger partial charge in [-0.1, -0.05) is 67.9 Å². The Morgan fingerprint density at radius 3 is 2.11 bits per heavy atom. The molecule has 0 unspecified atom stereocenters. The fraction of sp³-hybridized carbons (Fsp3) is 0.344. The topological polar surface area (TPSA) is 57.9 Å². The molecule has 1 aliphatic heterocycles. The smallest absolute Gasteiger partial charge is 0.222 e. The molecule has 6 heteroatoms. The summed E-state index contributed by atoms with van der Waals surface area (Å²) in [6, 6.07) is 20.5. The second-order valence-electron chi connectivity index (χ2n) is 10.8. The second kappa shape index (κ2) is 10.9. The number of hydrogen-bond acceptors (Lipinski definition) is 4. The zero-order chi connectivity index (χ0) is 26.8. The van der Waals surface area contributed by atoms with Crippen LogP contribution in [0.25, 0.3) is 28.0 Å². The molecule has 1 fully saturated rings. The standard InChI is InChI=1S/C32H36N4O2/c1-22(2)19-31(38)35-17-15-34(16-18-35)21-29-32(27-7-5-23(3)6-8-27)33-30-14-13-28(20-36(29)30)26-11-9-25(10-12-26)24(4)37/h5-14,20,22H,15-19,21H2,1-4H3. The van der Waals surface area contributed by atoms with Crippen LogP contribution in [-0.2, 0) is 11.3 Å². The predicted octanol–water partition coefficient (Wildman–Crippen LogP) is 5.87. The molecule has 0 N–H and O–H groups in total. The van der Waals surface area contributed by atoms with Crippen molar-refractivity contribution in [1.82, 2.24) is 19.2 Å². The number of fused-ring (bicyclic) bond motifs is 1. The molecule has 5 rings (SSSR count). The van der Waals surface area contributed by atoms with Crippen molar-refractivity contribution in [3.8, 4) is 22.4 Å². The van der Waals surface area contributed by atoms with Crippen molar-refractivity contribution in [2.75, 3.05) is 26.2 Å². The van der Waals surface area contributed by atoms with Crippen LogP contribution in [0.3, 0.4) is 0 Å². The van der Waals surface area contributed by atoms with E-state index in [9.17, 15) is 9.59 Å². The van der Waals surface area contributed by atoms with Gasteiger partial charge in [0.15, 0.2) is 5.78 Å². The summed E-state index contributed by atoms with van der Waals surface area (Å²) in [5, 5.41) is 0.